The second-order valence-corrected chi connectivity index (χ2v) is 9.13. The molecule has 0 spiro atoms. The van der Waals surface area contributed by atoms with Crippen LogP contribution in [0.2, 0.25) is 0 Å². The molecule has 3 aromatic carbocycles. The van der Waals surface area contributed by atoms with Crippen molar-refractivity contribution in [1.82, 2.24) is 5.32 Å². The molecule has 0 radical (unpaired) electrons. The largest absolute Gasteiger partial charge is 0.476 e. The zero-order chi connectivity index (χ0) is 20.6. The molecule has 7 heteroatoms. The molecule has 1 heterocycles. The molecular weight excluding hydrogens is 388 g/mol. The topological polar surface area (TPSA) is 75.7 Å². The van der Waals surface area contributed by atoms with Crippen molar-refractivity contribution in [2.24, 2.45) is 0 Å². The van der Waals surface area contributed by atoms with E-state index in [1.54, 1.807) is 12.1 Å². The monoisotopic (exact) mass is 410 g/mol. The van der Waals surface area contributed by atoms with Gasteiger partial charge >= 0.3 is 0 Å². The molecule has 0 saturated heterocycles. The second kappa shape index (κ2) is 7.40. The number of sulfonamides is 1. The van der Waals surface area contributed by atoms with Gasteiger partial charge in [0.25, 0.3) is 5.91 Å². The van der Waals surface area contributed by atoms with E-state index in [2.05, 4.69) is 5.32 Å². The van der Waals surface area contributed by atoms with Crippen molar-refractivity contribution < 1.29 is 17.9 Å². The number of anilines is 1. The first-order valence-electron chi connectivity index (χ1n) is 9.32. The fraction of sp³-hybridized carbons (Fsp3) is 0.227. The van der Waals surface area contributed by atoms with Gasteiger partial charge < -0.3 is 10.1 Å². The van der Waals surface area contributed by atoms with Crippen molar-refractivity contribution in [2.75, 3.05) is 17.1 Å². The number of fused-ring (bicyclic) bond motifs is 2. The van der Waals surface area contributed by atoms with Crippen LogP contribution in [0.3, 0.4) is 0 Å². The van der Waals surface area contributed by atoms with Gasteiger partial charge in [-0.2, -0.15) is 0 Å². The summed E-state index contributed by atoms with van der Waals surface area (Å²) >= 11 is 0. The van der Waals surface area contributed by atoms with Crippen LogP contribution in [0.25, 0.3) is 10.8 Å². The van der Waals surface area contributed by atoms with Crippen molar-refractivity contribution in [3.05, 3.63) is 71.8 Å². The Kier molecular flexibility index (Phi) is 4.92. The molecule has 0 saturated carbocycles. The van der Waals surface area contributed by atoms with E-state index in [0.29, 0.717) is 18.0 Å². The average molecular weight is 410 g/mol. The number of carbonyl (C=O) groups is 1. The van der Waals surface area contributed by atoms with Crippen LogP contribution >= 0.6 is 0 Å². The molecule has 1 N–H and O–H groups in total. The Morgan fingerprint density at radius 1 is 1.14 bits per heavy atom. The third-order valence-electron chi connectivity index (χ3n) is 5.01. The first kappa shape index (κ1) is 19.3. The fourth-order valence-electron chi connectivity index (χ4n) is 3.55. The lowest BCUT2D eigenvalue weighted by atomic mass is 10.0. The number of rotatable bonds is 4. The third kappa shape index (κ3) is 3.91. The molecule has 150 valence electrons. The summed E-state index contributed by atoms with van der Waals surface area (Å²) in [4.78, 5) is 12.8. The van der Waals surface area contributed by atoms with Crippen molar-refractivity contribution in [3.63, 3.8) is 0 Å². The quantitative estimate of drug-likeness (QED) is 0.718. The summed E-state index contributed by atoms with van der Waals surface area (Å²) in [5, 5.41) is 5.06. The molecule has 29 heavy (non-hydrogen) atoms. The summed E-state index contributed by atoms with van der Waals surface area (Å²) in [5.74, 6) is 0.0374. The Labute approximate surface area is 170 Å². The molecule has 0 fully saturated rings. The highest BCUT2D eigenvalue weighted by molar-refractivity contribution is 7.92. The van der Waals surface area contributed by atoms with Crippen molar-refractivity contribution >= 4 is 32.4 Å². The number of benzene rings is 3. The predicted molar refractivity (Wildman–Crippen MR) is 114 cm³/mol. The predicted octanol–water partition coefficient (Wildman–Crippen LogP) is 2.99. The molecule has 1 aliphatic heterocycles. The highest BCUT2D eigenvalue weighted by Gasteiger charge is 2.35. The van der Waals surface area contributed by atoms with E-state index in [9.17, 15) is 13.2 Å². The zero-order valence-electron chi connectivity index (χ0n) is 16.3. The molecule has 1 aliphatic rings. The van der Waals surface area contributed by atoms with Gasteiger partial charge in [0, 0.05) is 6.54 Å². The van der Waals surface area contributed by atoms with Crippen molar-refractivity contribution in [1.29, 1.82) is 0 Å². The highest BCUT2D eigenvalue weighted by Crippen LogP contribution is 2.35. The van der Waals surface area contributed by atoms with Crippen LogP contribution in [-0.4, -0.2) is 33.2 Å². The summed E-state index contributed by atoms with van der Waals surface area (Å²) < 4.78 is 31.7. The van der Waals surface area contributed by atoms with Crippen LogP contribution < -0.4 is 14.4 Å². The molecule has 6 nitrogen and oxygen atoms in total. The summed E-state index contributed by atoms with van der Waals surface area (Å²) in [6.45, 7) is 2.15. The van der Waals surface area contributed by atoms with Crippen LogP contribution in [0.5, 0.6) is 5.75 Å². The van der Waals surface area contributed by atoms with Crippen LogP contribution in [-0.2, 0) is 21.4 Å². The Bertz CT molecular complexity index is 1190. The van der Waals surface area contributed by atoms with E-state index in [1.165, 1.54) is 4.31 Å². The fourth-order valence-corrected chi connectivity index (χ4v) is 4.46. The lowest BCUT2D eigenvalue weighted by Crippen LogP contribution is -2.50. The maximum Gasteiger partial charge on any atom is 0.263 e. The Hall–Kier alpha value is -3.06. The van der Waals surface area contributed by atoms with Crippen LogP contribution in [0.15, 0.2) is 60.7 Å². The van der Waals surface area contributed by atoms with Crippen LogP contribution in [0, 0.1) is 6.92 Å². The average Bonchev–Trinajstić information content (AvgIpc) is 2.70. The Morgan fingerprint density at radius 3 is 2.69 bits per heavy atom. The lowest BCUT2D eigenvalue weighted by molar-refractivity contribution is -0.127. The van der Waals surface area contributed by atoms with E-state index < -0.39 is 16.1 Å². The molecule has 4 rings (SSSR count). The first-order valence-corrected chi connectivity index (χ1v) is 11.2. The molecule has 0 aromatic heterocycles. The smallest absolute Gasteiger partial charge is 0.263 e. The molecule has 1 amide bonds. The number of ether oxygens (including phenoxy) is 1. The van der Waals surface area contributed by atoms with Crippen molar-refractivity contribution in [2.45, 2.75) is 19.6 Å². The number of nitrogens with one attached hydrogen (secondary N) is 1. The maximum atomic E-state index is 12.8. The minimum atomic E-state index is -3.55. The van der Waals surface area contributed by atoms with Gasteiger partial charge in [0.05, 0.1) is 18.5 Å². The van der Waals surface area contributed by atoms with E-state index in [0.717, 1.165) is 28.2 Å². The van der Waals surface area contributed by atoms with Gasteiger partial charge in [0.15, 0.2) is 6.10 Å². The van der Waals surface area contributed by atoms with E-state index >= 15 is 0 Å². The Balaban J connectivity index is 1.55. The molecular formula is C22H22N2O4S. The second-order valence-electron chi connectivity index (χ2n) is 7.23. The van der Waals surface area contributed by atoms with Crippen molar-refractivity contribution in [3.8, 4) is 5.75 Å². The molecule has 1 atom stereocenters. The molecule has 0 aliphatic carbocycles. The van der Waals surface area contributed by atoms with Gasteiger partial charge in [0.2, 0.25) is 10.0 Å². The zero-order valence-corrected chi connectivity index (χ0v) is 17.1. The van der Waals surface area contributed by atoms with Gasteiger partial charge in [-0.15, -0.1) is 0 Å². The number of aryl methyl sites for hydroxylation is 1. The Morgan fingerprint density at radius 2 is 1.90 bits per heavy atom. The summed E-state index contributed by atoms with van der Waals surface area (Å²) in [7, 11) is -3.55. The van der Waals surface area contributed by atoms with Gasteiger partial charge in [-0.1, -0.05) is 48.5 Å². The molecule has 3 aromatic rings. The molecule has 0 bridgehead atoms. The number of hydrogen-bond donors (Lipinski definition) is 1. The first-order chi connectivity index (χ1) is 13.8. The molecule has 0 unspecified atom stereocenters. The van der Waals surface area contributed by atoms with Gasteiger partial charge in [-0.05, 0) is 41.0 Å². The van der Waals surface area contributed by atoms with Gasteiger partial charge in [0.1, 0.15) is 5.75 Å². The third-order valence-corrected chi connectivity index (χ3v) is 6.16. The van der Waals surface area contributed by atoms with E-state index in [1.807, 2.05) is 55.5 Å². The maximum absolute atomic E-state index is 12.8. The minimum absolute atomic E-state index is 0.0589. The van der Waals surface area contributed by atoms with E-state index in [4.69, 9.17) is 4.74 Å². The standard InChI is InChI=1S/C22H22N2O4S/c1-15-10-11-20-19(12-15)24(29(2,26)27)14-21(28-20)22(25)23-13-17-8-5-7-16-6-3-4-9-18(16)17/h3-12,21H,13-14H2,1-2H3,(H,23,25)/t21-/m1/s1. The summed E-state index contributed by atoms with van der Waals surface area (Å²) in [6, 6.07) is 19.2. The number of carbonyl (C=O) groups excluding carboxylic acids is 1. The normalized spacial score (nSPS) is 16.2. The van der Waals surface area contributed by atoms with Crippen LogP contribution in [0.4, 0.5) is 5.69 Å². The van der Waals surface area contributed by atoms with Crippen LogP contribution in [0.1, 0.15) is 11.1 Å². The summed E-state index contributed by atoms with van der Waals surface area (Å²) in [5.41, 5.74) is 2.37. The summed E-state index contributed by atoms with van der Waals surface area (Å²) in [6.07, 6.45) is 0.213. The van der Waals surface area contributed by atoms with Gasteiger partial charge in [-0.3, -0.25) is 9.10 Å². The number of hydrogen-bond acceptors (Lipinski definition) is 4. The minimum Gasteiger partial charge on any atom is -0.476 e. The van der Waals surface area contributed by atoms with Gasteiger partial charge in [-0.25, -0.2) is 8.42 Å². The highest BCUT2D eigenvalue weighted by atomic mass is 32.2. The SMILES string of the molecule is Cc1ccc2c(c1)N(S(C)(=O)=O)C[C@H](C(=O)NCc1cccc3ccccc13)O2. The van der Waals surface area contributed by atoms with E-state index in [-0.39, 0.29) is 12.5 Å². The number of amides is 1. The lowest BCUT2D eigenvalue weighted by Gasteiger charge is -2.34. The number of nitrogens with zero attached hydrogens (tertiary/aromatic N) is 1.